The molecule has 0 heterocycles. The Kier molecular flexibility index (Phi) is 6.67. The average Bonchev–Trinajstić information content (AvgIpc) is 1.85. The van der Waals surface area contributed by atoms with Crippen molar-refractivity contribution in [3.05, 3.63) is 10.1 Å². The topological polar surface area (TPSA) is 115 Å². The predicted octanol–water partition coefficient (Wildman–Crippen LogP) is -1.90. The predicted molar refractivity (Wildman–Crippen MR) is 35.2 cm³/mol. The van der Waals surface area contributed by atoms with Gasteiger partial charge in [-0.15, -0.1) is 0 Å². The molecule has 0 saturated heterocycles. The number of ketones is 1. The Morgan fingerprint density at radius 3 is 2.00 bits per heavy atom. The molecule has 8 heteroatoms. The number of carbonyl (C=O) groups excluding carboxylic acids is 2. The van der Waals surface area contributed by atoms with E-state index in [4.69, 9.17) is 5.11 Å². The van der Waals surface area contributed by atoms with Gasteiger partial charge in [0.1, 0.15) is 0 Å². The summed E-state index contributed by atoms with van der Waals surface area (Å²) in [6.07, 6.45) is -0.387. The molecule has 1 atom stereocenters. The second-order valence-electron chi connectivity index (χ2n) is 1.55. The van der Waals surface area contributed by atoms with Crippen LogP contribution in [0.1, 0.15) is 0 Å². The summed E-state index contributed by atoms with van der Waals surface area (Å²) in [6, 6.07) is -2.47. The van der Waals surface area contributed by atoms with Crippen molar-refractivity contribution in [3.63, 3.8) is 0 Å². The van der Waals surface area contributed by atoms with E-state index in [1.807, 2.05) is 0 Å². The van der Waals surface area contributed by atoms with Crippen molar-refractivity contribution in [2.45, 2.75) is 6.04 Å². The molecule has 0 aliphatic heterocycles. The molecule has 0 aromatic carbocycles. The molecule has 0 saturated carbocycles. The number of carboxylic acid groups (broad SMARTS) is 1. The van der Waals surface area contributed by atoms with Crippen LogP contribution in [0.3, 0.4) is 0 Å². The van der Waals surface area contributed by atoms with Crippen LogP contribution in [0.4, 0.5) is 0 Å². The Hall–Kier alpha value is -0.790. The zero-order valence-corrected chi connectivity index (χ0v) is 8.09. The van der Waals surface area contributed by atoms with Crippen molar-refractivity contribution in [1.29, 1.82) is 0 Å². The molecule has 1 unspecified atom stereocenters. The van der Waals surface area contributed by atoms with Crippen LogP contribution >= 0.6 is 0 Å². The number of carboxylic acids is 1. The monoisotopic (exact) mass is 184 g/mol. The SMILES string of the molecule is O=CC(=O)C(C(=O)O)[N+](=O)[O-].[Na]. The zero-order chi connectivity index (χ0) is 9.02. The fraction of sp³-hybridized carbons (Fsp3) is 0.250. The molecule has 1 N–H and O–H groups in total. The van der Waals surface area contributed by atoms with Gasteiger partial charge in [-0.05, 0) is 0 Å². The Balaban J connectivity index is 0. The smallest absolute Gasteiger partial charge is 0.388 e. The van der Waals surface area contributed by atoms with Crippen molar-refractivity contribution >= 4 is 47.6 Å². The van der Waals surface area contributed by atoms with Crippen LogP contribution in [-0.2, 0) is 14.4 Å². The van der Waals surface area contributed by atoms with Gasteiger partial charge in [0.25, 0.3) is 5.78 Å². The maximum Gasteiger partial charge on any atom is 0.388 e. The van der Waals surface area contributed by atoms with E-state index >= 15 is 0 Å². The molecular weight excluding hydrogens is 181 g/mol. The minimum absolute atomic E-state index is 0. The molecule has 0 aliphatic carbocycles. The molecule has 0 aromatic rings. The summed E-state index contributed by atoms with van der Waals surface area (Å²) >= 11 is 0. The van der Waals surface area contributed by atoms with E-state index in [-0.39, 0.29) is 35.8 Å². The molecule has 0 aromatic heterocycles. The van der Waals surface area contributed by atoms with E-state index < -0.39 is 22.7 Å². The summed E-state index contributed by atoms with van der Waals surface area (Å²) in [7, 11) is 0. The van der Waals surface area contributed by atoms with Gasteiger partial charge in [-0.3, -0.25) is 19.7 Å². The largest absolute Gasteiger partial charge is 0.476 e. The minimum Gasteiger partial charge on any atom is -0.476 e. The quantitative estimate of drug-likeness (QED) is 0.136. The molecule has 0 aliphatic rings. The van der Waals surface area contributed by atoms with Gasteiger partial charge >= 0.3 is 12.0 Å². The number of hydrogen-bond acceptors (Lipinski definition) is 5. The standard InChI is InChI=1S/C4H3NO6.Na/c6-1-2(7)3(4(8)9)5(10)11;/h1,3H,(H,8,9);. The van der Waals surface area contributed by atoms with Crippen LogP contribution in [0.15, 0.2) is 0 Å². The first-order valence-electron chi connectivity index (χ1n) is 2.36. The average molecular weight is 184 g/mol. The Morgan fingerprint density at radius 2 is 1.92 bits per heavy atom. The van der Waals surface area contributed by atoms with Crippen molar-refractivity contribution in [2.75, 3.05) is 0 Å². The molecule has 0 amide bonds. The van der Waals surface area contributed by atoms with Crippen molar-refractivity contribution < 1.29 is 24.4 Å². The fourth-order valence-electron chi connectivity index (χ4n) is 0.380. The number of rotatable bonds is 4. The Bertz CT molecular complexity index is 212. The van der Waals surface area contributed by atoms with Crippen LogP contribution in [0.25, 0.3) is 0 Å². The molecule has 7 nitrogen and oxygen atoms in total. The summed E-state index contributed by atoms with van der Waals surface area (Å²) in [5.74, 6) is -3.51. The van der Waals surface area contributed by atoms with Crippen LogP contribution in [0, 0.1) is 10.1 Å². The first-order valence-corrected chi connectivity index (χ1v) is 2.36. The van der Waals surface area contributed by atoms with E-state index in [0.29, 0.717) is 0 Å². The van der Waals surface area contributed by atoms with Crippen molar-refractivity contribution in [3.8, 4) is 0 Å². The Morgan fingerprint density at radius 1 is 1.50 bits per heavy atom. The van der Waals surface area contributed by atoms with Gasteiger partial charge in [-0.25, -0.2) is 4.79 Å². The third kappa shape index (κ3) is 3.56. The first-order chi connectivity index (χ1) is 5.00. The molecule has 0 fully saturated rings. The minimum atomic E-state index is -2.47. The second-order valence-corrected chi connectivity index (χ2v) is 1.55. The van der Waals surface area contributed by atoms with Crippen LogP contribution in [0.5, 0.6) is 0 Å². The van der Waals surface area contributed by atoms with E-state index in [1.54, 1.807) is 0 Å². The van der Waals surface area contributed by atoms with Gasteiger partial charge < -0.3 is 5.11 Å². The normalized spacial score (nSPS) is 10.7. The number of aliphatic carboxylic acids is 1. The summed E-state index contributed by atoms with van der Waals surface area (Å²) < 4.78 is 0. The molecule has 0 rings (SSSR count). The maximum absolute atomic E-state index is 10.2. The van der Waals surface area contributed by atoms with Crippen molar-refractivity contribution in [1.82, 2.24) is 0 Å². The van der Waals surface area contributed by atoms with Crippen molar-refractivity contribution in [2.24, 2.45) is 0 Å². The number of hydrogen-bond donors (Lipinski definition) is 1. The van der Waals surface area contributed by atoms with Gasteiger partial charge in [0.2, 0.25) is 0 Å². The zero-order valence-electron chi connectivity index (χ0n) is 6.09. The number of nitrogens with zero attached hydrogens (tertiary/aromatic N) is 1. The molecule has 0 bridgehead atoms. The Labute approximate surface area is 88.2 Å². The summed E-state index contributed by atoms with van der Waals surface area (Å²) in [4.78, 5) is 38.2. The van der Waals surface area contributed by atoms with Crippen LogP contribution in [-0.4, -0.2) is 63.7 Å². The van der Waals surface area contributed by atoms with Crippen LogP contribution < -0.4 is 0 Å². The third-order valence-corrected chi connectivity index (χ3v) is 0.830. The maximum atomic E-state index is 10.2. The first kappa shape index (κ1) is 13.8. The van der Waals surface area contributed by atoms with Gasteiger partial charge in [0, 0.05) is 34.5 Å². The number of aldehydes is 1. The summed E-state index contributed by atoms with van der Waals surface area (Å²) in [5.41, 5.74) is 0. The van der Waals surface area contributed by atoms with Crippen LogP contribution in [0.2, 0.25) is 0 Å². The fourth-order valence-corrected chi connectivity index (χ4v) is 0.380. The second kappa shape index (κ2) is 5.81. The van der Waals surface area contributed by atoms with Gasteiger partial charge in [0.15, 0.2) is 6.29 Å². The summed E-state index contributed by atoms with van der Waals surface area (Å²) in [5, 5.41) is 17.8. The number of nitro groups is 1. The van der Waals surface area contributed by atoms with Gasteiger partial charge in [-0.1, -0.05) is 0 Å². The third-order valence-electron chi connectivity index (χ3n) is 0.830. The van der Waals surface area contributed by atoms with E-state index in [9.17, 15) is 24.5 Å². The van der Waals surface area contributed by atoms with Gasteiger partial charge in [0.05, 0.1) is 0 Å². The van der Waals surface area contributed by atoms with Gasteiger partial charge in [-0.2, -0.15) is 0 Å². The summed E-state index contributed by atoms with van der Waals surface area (Å²) in [6.45, 7) is 0. The van der Waals surface area contributed by atoms with E-state index in [0.717, 1.165) is 0 Å². The molecule has 61 valence electrons. The number of carbonyl (C=O) groups is 3. The molecular formula is C4H3NNaO6. The molecule has 0 spiro atoms. The number of Topliss-reactive ketones (excluding diaryl/α,β-unsaturated/α-hetero) is 1. The van der Waals surface area contributed by atoms with E-state index in [2.05, 4.69) is 0 Å². The van der Waals surface area contributed by atoms with E-state index in [1.165, 1.54) is 0 Å². The molecule has 12 heavy (non-hydrogen) atoms. The molecule has 1 radical (unpaired) electrons.